The zero-order valence-electron chi connectivity index (χ0n) is 13.2. The first-order valence-electron chi connectivity index (χ1n) is 8.29. The predicted molar refractivity (Wildman–Crippen MR) is 88.5 cm³/mol. The Bertz CT molecular complexity index is 571. The van der Waals surface area contributed by atoms with Crippen molar-refractivity contribution in [3.63, 3.8) is 0 Å². The molecule has 0 saturated carbocycles. The Morgan fingerprint density at radius 1 is 1.26 bits per heavy atom. The second-order valence-corrected chi connectivity index (χ2v) is 6.01. The van der Waals surface area contributed by atoms with Crippen molar-refractivity contribution in [2.24, 2.45) is 0 Å². The van der Waals surface area contributed by atoms with Gasteiger partial charge in [0.15, 0.2) is 5.82 Å². The molecule has 2 aliphatic heterocycles. The van der Waals surface area contributed by atoms with Crippen LogP contribution in [-0.4, -0.2) is 42.6 Å². The molecule has 0 aromatic carbocycles. The van der Waals surface area contributed by atoms with E-state index < -0.39 is 6.04 Å². The van der Waals surface area contributed by atoms with E-state index in [1.54, 1.807) is 12.3 Å². The standard InChI is InChI=1S/C16H23N5O2/c22-15-13(6-1-2-8-18-15)20-16(23)19-12-7-5-9-17-14(12)21-10-3-4-11-21/h5,7,9,13H,1-4,6,8,10-11H2,(H,18,22)(H2,19,20,23)/t13-/m1/s1. The van der Waals surface area contributed by atoms with Crippen molar-refractivity contribution in [1.29, 1.82) is 0 Å². The molecule has 7 heteroatoms. The molecule has 0 unspecified atom stereocenters. The van der Waals surface area contributed by atoms with Gasteiger partial charge in [0.2, 0.25) is 5.91 Å². The highest BCUT2D eigenvalue weighted by molar-refractivity contribution is 5.95. The summed E-state index contributed by atoms with van der Waals surface area (Å²) in [6.07, 6.45) is 6.57. The maximum atomic E-state index is 12.3. The summed E-state index contributed by atoms with van der Waals surface area (Å²) < 4.78 is 0. The number of rotatable bonds is 3. The summed E-state index contributed by atoms with van der Waals surface area (Å²) in [5.41, 5.74) is 0.681. The maximum Gasteiger partial charge on any atom is 0.319 e. The Balaban J connectivity index is 1.64. The Morgan fingerprint density at radius 2 is 2.09 bits per heavy atom. The lowest BCUT2D eigenvalue weighted by atomic mass is 10.1. The Kier molecular flexibility index (Phi) is 4.95. The quantitative estimate of drug-likeness (QED) is 0.788. The van der Waals surface area contributed by atoms with Crippen LogP contribution in [0.2, 0.25) is 0 Å². The van der Waals surface area contributed by atoms with Gasteiger partial charge in [0.05, 0.1) is 5.69 Å². The fourth-order valence-electron chi connectivity index (χ4n) is 3.07. The van der Waals surface area contributed by atoms with Gasteiger partial charge in [-0.1, -0.05) is 0 Å². The number of pyridine rings is 1. The van der Waals surface area contributed by atoms with Crippen LogP contribution < -0.4 is 20.9 Å². The van der Waals surface area contributed by atoms with Crippen molar-refractivity contribution in [2.45, 2.75) is 38.1 Å². The summed E-state index contributed by atoms with van der Waals surface area (Å²) in [7, 11) is 0. The molecule has 3 amide bonds. The zero-order chi connectivity index (χ0) is 16.1. The Labute approximate surface area is 135 Å². The largest absolute Gasteiger partial charge is 0.355 e. The summed E-state index contributed by atoms with van der Waals surface area (Å²) in [6.45, 7) is 2.59. The summed E-state index contributed by atoms with van der Waals surface area (Å²) in [5, 5.41) is 8.43. The summed E-state index contributed by atoms with van der Waals surface area (Å²) in [4.78, 5) is 30.7. The molecular formula is C16H23N5O2. The van der Waals surface area contributed by atoms with Crippen molar-refractivity contribution in [3.05, 3.63) is 18.3 Å². The van der Waals surface area contributed by atoms with Crippen LogP contribution in [-0.2, 0) is 4.79 Å². The number of anilines is 2. The van der Waals surface area contributed by atoms with Crippen molar-refractivity contribution in [2.75, 3.05) is 29.9 Å². The topological polar surface area (TPSA) is 86.4 Å². The minimum Gasteiger partial charge on any atom is -0.355 e. The van der Waals surface area contributed by atoms with E-state index in [0.29, 0.717) is 18.7 Å². The van der Waals surface area contributed by atoms with Gasteiger partial charge in [0.25, 0.3) is 0 Å². The third kappa shape index (κ3) is 3.91. The molecule has 23 heavy (non-hydrogen) atoms. The third-order valence-corrected chi connectivity index (χ3v) is 4.28. The van der Waals surface area contributed by atoms with E-state index in [4.69, 9.17) is 0 Å². The van der Waals surface area contributed by atoms with Crippen LogP contribution in [0.3, 0.4) is 0 Å². The SMILES string of the molecule is O=C(Nc1cccnc1N1CCCC1)N[C@@H]1CCCCNC1=O. The van der Waals surface area contributed by atoms with Crippen LogP contribution in [0.25, 0.3) is 0 Å². The Hall–Kier alpha value is -2.31. The number of nitrogens with one attached hydrogen (secondary N) is 3. The van der Waals surface area contributed by atoms with Gasteiger partial charge in [-0.15, -0.1) is 0 Å². The second-order valence-electron chi connectivity index (χ2n) is 6.01. The first kappa shape index (κ1) is 15.6. The zero-order valence-corrected chi connectivity index (χ0v) is 13.2. The first-order valence-corrected chi connectivity index (χ1v) is 8.29. The lowest BCUT2D eigenvalue weighted by Crippen LogP contribution is -2.47. The van der Waals surface area contributed by atoms with Crippen molar-refractivity contribution >= 4 is 23.4 Å². The van der Waals surface area contributed by atoms with Crippen LogP contribution in [0.4, 0.5) is 16.3 Å². The lowest BCUT2D eigenvalue weighted by molar-refractivity contribution is -0.122. The normalized spacial score (nSPS) is 21.5. The van der Waals surface area contributed by atoms with Crippen LogP contribution in [0, 0.1) is 0 Å². The smallest absolute Gasteiger partial charge is 0.319 e. The second kappa shape index (κ2) is 7.30. The van der Waals surface area contributed by atoms with Gasteiger partial charge < -0.3 is 20.9 Å². The van der Waals surface area contributed by atoms with Crippen LogP contribution in [0.5, 0.6) is 0 Å². The van der Waals surface area contributed by atoms with Gasteiger partial charge in [-0.3, -0.25) is 4.79 Å². The minimum atomic E-state index is -0.468. The number of hydrogen-bond donors (Lipinski definition) is 3. The van der Waals surface area contributed by atoms with Crippen molar-refractivity contribution < 1.29 is 9.59 Å². The molecule has 2 fully saturated rings. The fourth-order valence-corrected chi connectivity index (χ4v) is 3.07. The van der Waals surface area contributed by atoms with Gasteiger partial charge in [-0.05, 0) is 44.2 Å². The van der Waals surface area contributed by atoms with Crippen LogP contribution in [0.15, 0.2) is 18.3 Å². The summed E-state index contributed by atoms with van der Waals surface area (Å²) >= 11 is 0. The van der Waals surface area contributed by atoms with Crippen LogP contribution in [0.1, 0.15) is 32.1 Å². The van der Waals surface area contributed by atoms with Gasteiger partial charge in [0.1, 0.15) is 6.04 Å². The average Bonchev–Trinajstić information content (AvgIpc) is 3.00. The number of carbonyl (C=O) groups is 2. The number of nitrogens with zero attached hydrogens (tertiary/aromatic N) is 2. The van der Waals surface area contributed by atoms with E-state index in [1.165, 1.54) is 0 Å². The third-order valence-electron chi connectivity index (χ3n) is 4.28. The number of aromatic nitrogens is 1. The van der Waals surface area contributed by atoms with E-state index in [0.717, 1.165) is 44.6 Å². The molecule has 3 heterocycles. The molecule has 3 rings (SSSR count). The predicted octanol–water partition coefficient (Wildman–Crippen LogP) is 1.47. The monoisotopic (exact) mass is 317 g/mol. The molecule has 1 atom stereocenters. The fraction of sp³-hybridized carbons (Fsp3) is 0.562. The summed E-state index contributed by atoms with van der Waals surface area (Å²) in [5.74, 6) is 0.689. The molecule has 124 valence electrons. The van der Waals surface area contributed by atoms with Gasteiger partial charge in [-0.25, -0.2) is 9.78 Å². The van der Waals surface area contributed by atoms with E-state index in [-0.39, 0.29) is 11.9 Å². The average molecular weight is 317 g/mol. The van der Waals surface area contributed by atoms with Crippen molar-refractivity contribution in [3.8, 4) is 0 Å². The van der Waals surface area contributed by atoms with Gasteiger partial charge in [-0.2, -0.15) is 0 Å². The molecule has 3 N–H and O–H groups in total. The molecule has 0 spiro atoms. The first-order chi connectivity index (χ1) is 11.2. The number of amides is 3. The van der Waals surface area contributed by atoms with E-state index >= 15 is 0 Å². The minimum absolute atomic E-state index is 0.108. The van der Waals surface area contributed by atoms with E-state index in [9.17, 15) is 9.59 Å². The molecular weight excluding hydrogens is 294 g/mol. The molecule has 2 aliphatic rings. The molecule has 0 aliphatic carbocycles. The van der Waals surface area contributed by atoms with E-state index in [2.05, 4.69) is 25.8 Å². The highest BCUT2D eigenvalue weighted by Gasteiger charge is 2.23. The summed E-state index contributed by atoms with van der Waals surface area (Å²) in [6, 6.07) is 2.81. The van der Waals surface area contributed by atoms with E-state index in [1.807, 2.05) is 6.07 Å². The molecule has 0 bridgehead atoms. The van der Waals surface area contributed by atoms with Gasteiger partial charge >= 0.3 is 6.03 Å². The number of carbonyl (C=O) groups excluding carboxylic acids is 2. The Morgan fingerprint density at radius 3 is 2.91 bits per heavy atom. The maximum absolute atomic E-state index is 12.3. The lowest BCUT2D eigenvalue weighted by Gasteiger charge is -2.21. The van der Waals surface area contributed by atoms with Crippen LogP contribution >= 0.6 is 0 Å². The molecule has 1 aromatic rings. The number of urea groups is 1. The highest BCUT2D eigenvalue weighted by atomic mass is 16.2. The van der Waals surface area contributed by atoms with Gasteiger partial charge in [0, 0.05) is 25.8 Å². The highest BCUT2D eigenvalue weighted by Crippen LogP contribution is 2.25. The molecule has 0 radical (unpaired) electrons. The van der Waals surface area contributed by atoms with Crippen molar-refractivity contribution in [1.82, 2.24) is 15.6 Å². The molecule has 1 aromatic heterocycles. The molecule has 2 saturated heterocycles. The molecule has 7 nitrogen and oxygen atoms in total. The number of hydrogen-bond acceptors (Lipinski definition) is 4.